The summed E-state index contributed by atoms with van der Waals surface area (Å²) >= 11 is 0. The molecule has 7 rings (SSSR count). The van der Waals surface area contributed by atoms with Gasteiger partial charge in [-0.25, -0.2) is 9.67 Å². The Labute approximate surface area is 271 Å². The molecule has 0 aliphatic heterocycles. The fourth-order valence-corrected chi connectivity index (χ4v) is 5.71. The summed E-state index contributed by atoms with van der Waals surface area (Å²) in [6.07, 6.45) is 0. The summed E-state index contributed by atoms with van der Waals surface area (Å²) in [5.41, 5.74) is 10.1. The van der Waals surface area contributed by atoms with E-state index < -0.39 is 0 Å². The number of benzene rings is 6. The van der Waals surface area contributed by atoms with Crippen LogP contribution in [0.2, 0.25) is 0 Å². The van der Waals surface area contributed by atoms with Gasteiger partial charge in [0.1, 0.15) is 0 Å². The molecule has 0 saturated carbocycles. The van der Waals surface area contributed by atoms with Crippen molar-refractivity contribution in [3.8, 4) is 39.6 Å². The van der Waals surface area contributed by atoms with Crippen molar-refractivity contribution in [2.75, 3.05) is 4.90 Å². The lowest BCUT2D eigenvalue weighted by Crippen LogP contribution is -2.10. The van der Waals surface area contributed by atoms with E-state index in [1.807, 2.05) is 53.2 Å². The second-order valence-electron chi connectivity index (χ2n) is 12.5. The van der Waals surface area contributed by atoms with E-state index in [1.54, 1.807) is 0 Å². The van der Waals surface area contributed by atoms with E-state index in [9.17, 15) is 0 Å². The fourth-order valence-electron chi connectivity index (χ4n) is 5.71. The third-order valence-electron chi connectivity index (χ3n) is 8.25. The summed E-state index contributed by atoms with van der Waals surface area (Å²) in [6.45, 7) is 6.74. The maximum absolute atomic E-state index is 4.97. The van der Waals surface area contributed by atoms with Crippen molar-refractivity contribution in [1.82, 2.24) is 14.8 Å². The van der Waals surface area contributed by atoms with Crippen LogP contribution in [-0.4, -0.2) is 14.8 Å². The van der Waals surface area contributed by atoms with Gasteiger partial charge in [-0.1, -0.05) is 136 Å². The van der Waals surface area contributed by atoms with Gasteiger partial charge in [0.15, 0.2) is 11.6 Å². The van der Waals surface area contributed by atoms with Crippen LogP contribution in [0.15, 0.2) is 164 Å². The first-order valence-corrected chi connectivity index (χ1v) is 15.7. The van der Waals surface area contributed by atoms with E-state index in [1.165, 1.54) is 16.7 Å². The molecule has 0 unspecified atom stereocenters. The molecular formula is C42H36N4. The lowest BCUT2D eigenvalue weighted by atomic mass is 9.86. The van der Waals surface area contributed by atoms with Crippen LogP contribution in [0.1, 0.15) is 26.3 Å². The number of para-hydroxylation sites is 1. The highest BCUT2D eigenvalue weighted by Crippen LogP contribution is 2.36. The predicted molar refractivity (Wildman–Crippen MR) is 191 cm³/mol. The Bertz CT molecular complexity index is 2020. The molecular weight excluding hydrogens is 560 g/mol. The van der Waals surface area contributed by atoms with Crippen LogP contribution < -0.4 is 4.90 Å². The zero-order valence-corrected chi connectivity index (χ0v) is 26.4. The highest BCUT2D eigenvalue weighted by Gasteiger charge is 2.17. The van der Waals surface area contributed by atoms with Gasteiger partial charge in [-0.2, -0.15) is 0 Å². The van der Waals surface area contributed by atoms with Crippen LogP contribution >= 0.6 is 0 Å². The zero-order valence-electron chi connectivity index (χ0n) is 26.4. The van der Waals surface area contributed by atoms with Gasteiger partial charge in [-0.15, -0.1) is 5.10 Å². The molecule has 0 aliphatic carbocycles. The molecule has 0 bridgehead atoms. The Hall–Kier alpha value is -5.74. The predicted octanol–water partition coefficient (Wildman–Crippen LogP) is 11.0. The van der Waals surface area contributed by atoms with Crippen molar-refractivity contribution in [1.29, 1.82) is 0 Å². The van der Waals surface area contributed by atoms with E-state index in [0.29, 0.717) is 5.82 Å². The topological polar surface area (TPSA) is 34.0 Å². The molecule has 6 aromatic carbocycles. The lowest BCUT2D eigenvalue weighted by molar-refractivity contribution is 0.590. The molecule has 224 valence electrons. The van der Waals surface area contributed by atoms with Gasteiger partial charge >= 0.3 is 0 Å². The Balaban J connectivity index is 1.24. The van der Waals surface area contributed by atoms with Gasteiger partial charge in [0.05, 0.1) is 5.69 Å². The number of anilines is 3. The molecule has 4 nitrogen and oxygen atoms in total. The first-order valence-electron chi connectivity index (χ1n) is 15.7. The second kappa shape index (κ2) is 12.3. The van der Waals surface area contributed by atoms with Gasteiger partial charge in [0.2, 0.25) is 0 Å². The number of rotatable bonds is 7. The maximum atomic E-state index is 4.97. The molecule has 0 N–H and O–H groups in total. The molecule has 1 aromatic heterocycles. The monoisotopic (exact) mass is 596 g/mol. The fraction of sp³-hybridized carbons (Fsp3) is 0.0952. The molecule has 46 heavy (non-hydrogen) atoms. The third kappa shape index (κ3) is 5.98. The Morgan fingerprint density at radius 1 is 0.457 bits per heavy atom. The average Bonchev–Trinajstić information content (AvgIpc) is 3.56. The average molecular weight is 597 g/mol. The summed E-state index contributed by atoms with van der Waals surface area (Å²) in [5.74, 6) is 1.50. The quantitative estimate of drug-likeness (QED) is 0.184. The van der Waals surface area contributed by atoms with E-state index in [0.717, 1.165) is 39.7 Å². The van der Waals surface area contributed by atoms with E-state index in [-0.39, 0.29) is 5.41 Å². The second-order valence-corrected chi connectivity index (χ2v) is 12.5. The Morgan fingerprint density at radius 3 is 1.46 bits per heavy atom. The van der Waals surface area contributed by atoms with Crippen molar-refractivity contribution >= 4 is 17.1 Å². The van der Waals surface area contributed by atoms with Crippen molar-refractivity contribution < 1.29 is 0 Å². The van der Waals surface area contributed by atoms with Crippen molar-refractivity contribution in [2.24, 2.45) is 0 Å². The van der Waals surface area contributed by atoms with Gasteiger partial charge in [-0.05, 0) is 70.6 Å². The van der Waals surface area contributed by atoms with Crippen LogP contribution in [0.5, 0.6) is 0 Å². The van der Waals surface area contributed by atoms with E-state index in [2.05, 4.69) is 141 Å². The number of hydrogen-bond acceptors (Lipinski definition) is 3. The smallest absolute Gasteiger partial charge is 0.182 e. The van der Waals surface area contributed by atoms with Crippen molar-refractivity contribution in [3.05, 3.63) is 169 Å². The van der Waals surface area contributed by atoms with Crippen LogP contribution in [0.3, 0.4) is 0 Å². The molecule has 0 saturated heterocycles. The minimum absolute atomic E-state index is 0.134. The summed E-state index contributed by atoms with van der Waals surface area (Å²) < 4.78 is 1.94. The normalized spacial score (nSPS) is 11.4. The largest absolute Gasteiger partial charge is 0.311 e. The minimum atomic E-state index is 0.134. The molecule has 0 aliphatic rings. The van der Waals surface area contributed by atoms with Crippen LogP contribution in [-0.2, 0) is 5.41 Å². The molecule has 0 spiro atoms. The molecule has 4 heteroatoms. The summed E-state index contributed by atoms with van der Waals surface area (Å²) in [4.78, 5) is 7.25. The van der Waals surface area contributed by atoms with Crippen LogP contribution in [0.25, 0.3) is 39.6 Å². The lowest BCUT2D eigenvalue weighted by Gasteiger charge is -2.26. The molecule has 0 atom stereocenters. The van der Waals surface area contributed by atoms with Crippen LogP contribution in [0, 0.1) is 0 Å². The zero-order chi connectivity index (χ0) is 31.5. The highest BCUT2D eigenvalue weighted by molar-refractivity contribution is 5.79. The first-order chi connectivity index (χ1) is 22.4. The molecule has 0 amide bonds. The molecule has 7 aromatic rings. The highest BCUT2D eigenvalue weighted by atomic mass is 15.4. The summed E-state index contributed by atoms with van der Waals surface area (Å²) in [7, 11) is 0. The number of aromatic nitrogens is 3. The van der Waals surface area contributed by atoms with Crippen LogP contribution in [0.4, 0.5) is 17.1 Å². The number of hydrogen-bond donors (Lipinski definition) is 0. The van der Waals surface area contributed by atoms with E-state index >= 15 is 0 Å². The van der Waals surface area contributed by atoms with Crippen molar-refractivity contribution in [2.45, 2.75) is 26.2 Å². The minimum Gasteiger partial charge on any atom is -0.311 e. The van der Waals surface area contributed by atoms with Gasteiger partial charge in [0.25, 0.3) is 0 Å². The maximum Gasteiger partial charge on any atom is 0.182 e. The Morgan fingerprint density at radius 2 is 0.913 bits per heavy atom. The molecule has 0 radical (unpaired) electrons. The number of nitrogens with zero attached hydrogens (tertiary/aromatic N) is 4. The SMILES string of the molecule is CC(C)(C)c1ccc(-c2ccc(N(c3ccccc3)c3ccc(-n4nc(-c5ccccc5)nc4-c4ccccc4)cc3)cc2)cc1. The van der Waals surface area contributed by atoms with E-state index in [4.69, 9.17) is 10.1 Å². The summed E-state index contributed by atoms with van der Waals surface area (Å²) in [6, 6.07) is 57.1. The third-order valence-corrected chi connectivity index (χ3v) is 8.25. The molecule has 1 heterocycles. The van der Waals surface area contributed by atoms with Gasteiger partial charge in [-0.3, -0.25) is 0 Å². The van der Waals surface area contributed by atoms with Crippen molar-refractivity contribution in [3.63, 3.8) is 0 Å². The standard InChI is InChI=1S/C42H36N4/c1-42(2,3)35-23-19-31(20-24-35)32-21-25-37(26-22-32)45(36-17-11-6-12-18-36)38-27-29-39(30-28-38)46-41(34-15-9-5-10-16-34)43-40(44-46)33-13-7-4-8-14-33/h4-30H,1-3H3. The van der Waals surface area contributed by atoms with Gasteiger partial charge < -0.3 is 4.90 Å². The van der Waals surface area contributed by atoms with Gasteiger partial charge in [0, 0.05) is 28.2 Å². The first kappa shape index (κ1) is 29.0. The summed E-state index contributed by atoms with van der Waals surface area (Å²) in [5, 5.41) is 4.97. The molecule has 0 fully saturated rings. The Kier molecular flexibility index (Phi) is 7.78.